The van der Waals surface area contributed by atoms with Gasteiger partial charge in [-0.25, -0.2) is 0 Å². The quantitative estimate of drug-likeness (QED) is 0.844. The summed E-state index contributed by atoms with van der Waals surface area (Å²) in [6, 6.07) is 12.1. The van der Waals surface area contributed by atoms with Crippen molar-refractivity contribution in [3.8, 4) is 17.2 Å². The van der Waals surface area contributed by atoms with Gasteiger partial charge in [0.2, 0.25) is 5.91 Å². The van der Waals surface area contributed by atoms with E-state index in [0.29, 0.717) is 23.6 Å². The molecule has 0 unspecified atom stereocenters. The highest BCUT2D eigenvalue weighted by atomic mass is 16.5. The number of amides is 2. The zero-order valence-electron chi connectivity index (χ0n) is 15.5. The van der Waals surface area contributed by atoms with E-state index < -0.39 is 0 Å². The van der Waals surface area contributed by atoms with Gasteiger partial charge in [0, 0.05) is 18.7 Å². The number of benzene rings is 2. The molecule has 1 heterocycles. The predicted molar refractivity (Wildman–Crippen MR) is 101 cm³/mol. The highest BCUT2D eigenvalue weighted by Gasteiger charge is 2.32. The maximum absolute atomic E-state index is 12.7. The molecule has 27 heavy (non-hydrogen) atoms. The van der Waals surface area contributed by atoms with Crippen LogP contribution in [0.15, 0.2) is 42.5 Å². The average molecular weight is 370 g/mol. The summed E-state index contributed by atoms with van der Waals surface area (Å²) < 4.78 is 15.7. The van der Waals surface area contributed by atoms with Gasteiger partial charge in [-0.2, -0.15) is 0 Å². The van der Waals surface area contributed by atoms with Crippen molar-refractivity contribution in [3.05, 3.63) is 48.0 Å². The smallest absolute Gasteiger partial charge is 0.255 e. The number of carbonyl (C=O) groups excluding carboxylic acids is 2. The fraction of sp³-hybridized carbons (Fsp3) is 0.300. The van der Waals surface area contributed by atoms with Gasteiger partial charge in [0.15, 0.2) is 11.5 Å². The van der Waals surface area contributed by atoms with Crippen molar-refractivity contribution in [1.82, 2.24) is 5.32 Å². The molecular formula is C20H22N2O5. The minimum Gasteiger partial charge on any atom is -0.497 e. The Morgan fingerprint density at radius 3 is 2.41 bits per heavy atom. The number of hydrogen-bond donors (Lipinski definition) is 1. The van der Waals surface area contributed by atoms with E-state index in [9.17, 15) is 9.59 Å². The van der Waals surface area contributed by atoms with Crippen molar-refractivity contribution in [2.24, 2.45) is 0 Å². The molecule has 1 aliphatic rings. The Hall–Kier alpha value is -3.22. The lowest BCUT2D eigenvalue weighted by Gasteiger charge is -2.18. The molecule has 0 saturated carbocycles. The third kappa shape index (κ3) is 3.81. The van der Waals surface area contributed by atoms with Crippen LogP contribution in [0.3, 0.4) is 0 Å². The molecule has 7 nitrogen and oxygen atoms in total. The molecule has 0 bridgehead atoms. The zero-order valence-corrected chi connectivity index (χ0v) is 15.5. The molecular weight excluding hydrogens is 348 g/mol. The Morgan fingerprint density at radius 2 is 1.78 bits per heavy atom. The van der Waals surface area contributed by atoms with E-state index in [1.807, 2.05) is 12.1 Å². The van der Waals surface area contributed by atoms with Gasteiger partial charge in [-0.15, -0.1) is 0 Å². The molecule has 0 spiro atoms. The maximum Gasteiger partial charge on any atom is 0.255 e. The molecule has 1 atom stereocenters. The number of nitrogens with one attached hydrogen (secondary N) is 1. The SMILES string of the molecule is COc1ccc(N2C[C@H](NC(=O)c3cccc(OC)c3OC)CC2=O)cc1. The number of para-hydroxylation sites is 1. The maximum atomic E-state index is 12.7. The molecule has 1 saturated heterocycles. The molecule has 7 heteroatoms. The van der Waals surface area contributed by atoms with Crippen molar-refractivity contribution in [2.75, 3.05) is 32.8 Å². The standard InChI is InChI=1S/C20H22N2O5/c1-25-15-9-7-14(8-10-15)22-12-13(11-18(22)23)21-20(24)16-5-4-6-17(26-2)19(16)27-3/h4-10,13H,11-12H2,1-3H3,(H,21,24)/t13-/m1/s1. The normalized spacial score (nSPS) is 16.2. The second kappa shape index (κ2) is 7.99. The second-order valence-corrected chi connectivity index (χ2v) is 6.12. The molecule has 2 amide bonds. The molecule has 0 aliphatic carbocycles. The summed E-state index contributed by atoms with van der Waals surface area (Å²) in [6.45, 7) is 0.406. The summed E-state index contributed by atoms with van der Waals surface area (Å²) in [5, 5.41) is 2.91. The van der Waals surface area contributed by atoms with Gasteiger partial charge in [0.05, 0.1) is 32.9 Å². The van der Waals surface area contributed by atoms with E-state index in [4.69, 9.17) is 14.2 Å². The van der Waals surface area contributed by atoms with Crippen LogP contribution in [-0.4, -0.2) is 45.7 Å². The van der Waals surface area contributed by atoms with Crippen LogP contribution in [-0.2, 0) is 4.79 Å². The molecule has 2 aromatic rings. The topological polar surface area (TPSA) is 77.1 Å². The van der Waals surface area contributed by atoms with Crippen LogP contribution < -0.4 is 24.4 Å². The highest BCUT2D eigenvalue weighted by Crippen LogP contribution is 2.31. The fourth-order valence-electron chi connectivity index (χ4n) is 3.15. The number of methoxy groups -OCH3 is 3. The van der Waals surface area contributed by atoms with Gasteiger partial charge >= 0.3 is 0 Å². The van der Waals surface area contributed by atoms with E-state index >= 15 is 0 Å². The van der Waals surface area contributed by atoms with Crippen LogP contribution in [0.25, 0.3) is 0 Å². The third-order valence-electron chi connectivity index (χ3n) is 4.49. The van der Waals surface area contributed by atoms with Crippen LogP contribution in [0.1, 0.15) is 16.8 Å². The third-order valence-corrected chi connectivity index (χ3v) is 4.49. The van der Waals surface area contributed by atoms with Crippen LogP contribution in [0.5, 0.6) is 17.2 Å². The number of hydrogen-bond acceptors (Lipinski definition) is 5. The molecule has 3 rings (SSSR count). The Kier molecular flexibility index (Phi) is 5.49. The first-order valence-electron chi connectivity index (χ1n) is 8.53. The Balaban J connectivity index is 1.72. The number of carbonyl (C=O) groups is 2. The summed E-state index contributed by atoms with van der Waals surface area (Å²) in [4.78, 5) is 26.7. The number of anilines is 1. The summed E-state index contributed by atoms with van der Waals surface area (Å²) in [5.41, 5.74) is 1.14. The summed E-state index contributed by atoms with van der Waals surface area (Å²) in [5.74, 6) is 1.23. The largest absolute Gasteiger partial charge is 0.497 e. The molecule has 0 aromatic heterocycles. The Labute approximate surface area is 157 Å². The van der Waals surface area contributed by atoms with Crippen molar-refractivity contribution < 1.29 is 23.8 Å². The van der Waals surface area contributed by atoms with Gasteiger partial charge < -0.3 is 24.4 Å². The lowest BCUT2D eigenvalue weighted by atomic mass is 10.1. The minimum absolute atomic E-state index is 0.0388. The second-order valence-electron chi connectivity index (χ2n) is 6.12. The van der Waals surface area contributed by atoms with Crippen LogP contribution in [0.4, 0.5) is 5.69 Å². The van der Waals surface area contributed by atoms with E-state index in [1.54, 1.807) is 42.3 Å². The average Bonchev–Trinajstić information content (AvgIpc) is 3.07. The lowest BCUT2D eigenvalue weighted by Crippen LogP contribution is -2.37. The summed E-state index contributed by atoms with van der Waals surface area (Å²) in [7, 11) is 4.59. The zero-order chi connectivity index (χ0) is 19.4. The highest BCUT2D eigenvalue weighted by molar-refractivity contribution is 6.00. The minimum atomic E-state index is -0.305. The molecule has 1 aliphatic heterocycles. The number of nitrogens with zero attached hydrogens (tertiary/aromatic N) is 1. The van der Waals surface area contributed by atoms with Gasteiger partial charge in [-0.3, -0.25) is 9.59 Å². The first-order chi connectivity index (χ1) is 13.1. The molecule has 142 valence electrons. The van der Waals surface area contributed by atoms with Gasteiger partial charge in [0.1, 0.15) is 5.75 Å². The first-order valence-corrected chi connectivity index (χ1v) is 8.53. The van der Waals surface area contributed by atoms with Gasteiger partial charge in [0.25, 0.3) is 5.91 Å². The van der Waals surface area contributed by atoms with Crippen LogP contribution in [0, 0.1) is 0 Å². The van der Waals surface area contributed by atoms with E-state index in [1.165, 1.54) is 14.2 Å². The monoisotopic (exact) mass is 370 g/mol. The Morgan fingerprint density at radius 1 is 1.04 bits per heavy atom. The van der Waals surface area contributed by atoms with Crippen molar-refractivity contribution in [2.45, 2.75) is 12.5 Å². The van der Waals surface area contributed by atoms with Crippen LogP contribution >= 0.6 is 0 Å². The first kappa shape index (κ1) is 18.6. The number of ether oxygens (including phenoxy) is 3. The summed E-state index contributed by atoms with van der Waals surface area (Å²) >= 11 is 0. The lowest BCUT2D eigenvalue weighted by molar-refractivity contribution is -0.117. The van der Waals surface area contributed by atoms with Gasteiger partial charge in [-0.1, -0.05) is 6.07 Å². The molecule has 0 radical (unpaired) electrons. The fourth-order valence-corrected chi connectivity index (χ4v) is 3.15. The van der Waals surface area contributed by atoms with E-state index in [0.717, 1.165) is 11.4 Å². The molecule has 1 fully saturated rings. The van der Waals surface area contributed by atoms with E-state index in [-0.39, 0.29) is 24.3 Å². The van der Waals surface area contributed by atoms with Crippen molar-refractivity contribution >= 4 is 17.5 Å². The van der Waals surface area contributed by atoms with E-state index in [2.05, 4.69) is 5.32 Å². The summed E-state index contributed by atoms with van der Waals surface area (Å²) in [6.07, 6.45) is 0.240. The van der Waals surface area contributed by atoms with Gasteiger partial charge in [-0.05, 0) is 36.4 Å². The number of rotatable bonds is 6. The van der Waals surface area contributed by atoms with Crippen LogP contribution in [0.2, 0.25) is 0 Å². The Bertz CT molecular complexity index is 835. The van der Waals surface area contributed by atoms with Crippen molar-refractivity contribution in [3.63, 3.8) is 0 Å². The molecule has 1 N–H and O–H groups in total. The molecule has 2 aromatic carbocycles. The predicted octanol–water partition coefficient (Wildman–Crippen LogP) is 2.25. The van der Waals surface area contributed by atoms with Crippen molar-refractivity contribution in [1.29, 1.82) is 0 Å².